The number of nitrogens with one attached hydrogen (secondary N) is 1. The summed E-state index contributed by atoms with van der Waals surface area (Å²) in [6.45, 7) is 3.27. The molecule has 1 aromatic carbocycles. The highest BCUT2D eigenvalue weighted by molar-refractivity contribution is 6.30. The van der Waals surface area contributed by atoms with Crippen molar-refractivity contribution in [1.82, 2.24) is 10.2 Å². The molecule has 3 nitrogen and oxygen atoms in total. The average molecular weight is 298 g/mol. The number of hydrogen-bond acceptors (Lipinski definition) is 2. The first-order valence-corrected chi connectivity index (χ1v) is 5.41. The molecule has 1 aliphatic heterocycles. The second-order valence-electron chi connectivity index (χ2n) is 3.55. The van der Waals surface area contributed by atoms with Crippen LogP contribution in [0.15, 0.2) is 24.3 Å². The minimum absolute atomic E-state index is 0. The van der Waals surface area contributed by atoms with E-state index in [0.717, 1.165) is 26.2 Å². The normalized spacial score (nSPS) is 14.5. The zero-order valence-electron chi connectivity index (χ0n) is 9.19. The van der Waals surface area contributed by atoms with Crippen LogP contribution >= 0.6 is 36.4 Å². The van der Waals surface area contributed by atoms with Gasteiger partial charge in [0.2, 0.25) is 0 Å². The number of nitrogens with zero attached hydrogens (tertiary/aromatic N) is 1. The van der Waals surface area contributed by atoms with Gasteiger partial charge in [-0.25, -0.2) is 0 Å². The van der Waals surface area contributed by atoms with Crippen LogP contribution in [0.1, 0.15) is 10.4 Å². The van der Waals surface area contributed by atoms with E-state index in [-0.39, 0.29) is 30.7 Å². The molecule has 0 spiro atoms. The van der Waals surface area contributed by atoms with E-state index in [9.17, 15) is 4.79 Å². The molecule has 0 aromatic heterocycles. The Labute approximate surface area is 118 Å². The van der Waals surface area contributed by atoms with Gasteiger partial charge >= 0.3 is 0 Å². The molecule has 1 aromatic rings. The summed E-state index contributed by atoms with van der Waals surface area (Å²) in [5.41, 5.74) is 0.671. The predicted molar refractivity (Wildman–Crippen MR) is 74.7 cm³/mol. The maximum Gasteiger partial charge on any atom is 0.253 e. The molecule has 0 unspecified atom stereocenters. The Morgan fingerprint density at radius 1 is 1.24 bits per heavy atom. The van der Waals surface area contributed by atoms with Crippen molar-refractivity contribution in [2.45, 2.75) is 0 Å². The van der Waals surface area contributed by atoms with Gasteiger partial charge in [0.1, 0.15) is 0 Å². The van der Waals surface area contributed by atoms with Crippen molar-refractivity contribution >= 4 is 42.3 Å². The van der Waals surface area contributed by atoms with Crippen LogP contribution in [-0.4, -0.2) is 37.0 Å². The molecule has 0 atom stereocenters. The summed E-state index contributed by atoms with van der Waals surface area (Å²) in [7, 11) is 0. The lowest BCUT2D eigenvalue weighted by molar-refractivity contribution is 0.0736. The molecule has 6 heteroatoms. The topological polar surface area (TPSA) is 32.3 Å². The number of benzene rings is 1. The Morgan fingerprint density at radius 3 is 2.47 bits per heavy atom. The van der Waals surface area contributed by atoms with Gasteiger partial charge in [-0.1, -0.05) is 17.7 Å². The molecule has 0 saturated carbocycles. The van der Waals surface area contributed by atoms with Gasteiger partial charge < -0.3 is 10.2 Å². The summed E-state index contributed by atoms with van der Waals surface area (Å²) in [5.74, 6) is 0.0685. The van der Waals surface area contributed by atoms with Crippen molar-refractivity contribution in [2.75, 3.05) is 26.2 Å². The fraction of sp³-hybridized carbons (Fsp3) is 0.364. The molecule has 1 heterocycles. The fourth-order valence-corrected chi connectivity index (χ4v) is 1.86. The molecule has 1 N–H and O–H groups in total. The summed E-state index contributed by atoms with van der Waals surface area (Å²) in [5, 5.41) is 3.82. The Hall–Kier alpha value is -0.480. The van der Waals surface area contributed by atoms with Gasteiger partial charge in [-0.3, -0.25) is 4.79 Å². The van der Waals surface area contributed by atoms with Crippen LogP contribution < -0.4 is 5.32 Å². The zero-order chi connectivity index (χ0) is 10.7. The van der Waals surface area contributed by atoms with Crippen molar-refractivity contribution in [2.24, 2.45) is 0 Å². The molecule has 2 rings (SSSR count). The Morgan fingerprint density at radius 2 is 1.88 bits per heavy atom. The van der Waals surface area contributed by atoms with E-state index in [4.69, 9.17) is 11.6 Å². The molecule has 17 heavy (non-hydrogen) atoms. The summed E-state index contributed by atoms with van der Waals surface area (Å²) < 4.78 is 0. The van der Waals surface area contributed by atoms with E-state index < -0.39 is 0 Å². The summed E-state index contributed by atoms with van der Waals surface area (Å²) in [4.78, 5) is 13.8. The molecule has 0 radical (unpaired) electrons. The molecular weight excluding hydrogens is 282 g/mol. The Balaban J connectivity index is 0.00000128. The number of piperazine rings is 1. The van der Waals surface area contributed by atoms with E-state index >= 15 is 0 Å². The van der Waals surface area contributed by atoms with Gasteiger partial charge in [-0.15, -0.1) is 24.8 Å². The van der Waals surface area contributed by atoms with Gasteiger partial charge in [0.05, 0.1) is 0 Å². The van der Waals surface area contributed by atoms with Crippen molar-refractivity contribution in [3.8, 4) is 0 Å². The van der Waals surface area contributed by atoms with Gasteiger partial charge in [-0.05, 0) is 18.2 Å². The number of carbonyl (C=O) groups excluding carboxylic acids is 1. The maximum absolute atomic E-state index is 12.0. The SMILES string of the molecule is Cl.Cl.O=C(c1cccc(Cl)c1)N1CCNCC1. The lowest BCUT2D eigenvalue weighted by Crippen LogP contribution is -2.46. The quantitative estimate of drug-likeness (QED) is 0.862. The standard InChI is InChI=1S/C11H13ClN2O.2ClH/c12-10-3-1-2-9(8-10)11(15)14-6-4-13-5-7-14;;/h1-3,8,13H,4-7H2;2*1H. The smallest absolute Gasteiger partial charge is 0.253 e. The first kappa shape index (κ1) is 16.5. The third-order valence-electron chi connectivity index (χ3n) is 2.48. The van der Waals surface area contributed by atoms with Crippen LogP contribution in [0.4, 0.5) is 0 Å². The first-order valence-electron chi connectivity index (χ1n) is 5.03. The van der Waals surface area contributed by atoms with Crippen LogP contribution in [0.3, 0.4) is 0 Å². The highest BCUT2D eigenvalue weighted by atomic mass is 35.5. The molecule has 1 saturated heterocycles. The van der Waals surface area contributed by atoms with E-state index in [0.29, 0.717) is 10.6 Å². The lowest BCUT2D eigenvalue weighted by Gasteiger charge is -2.27. The van der Waals surface area contributed by atoms with Crippen molar-refractivity contribution < 1.29 is 4.79 Å². The summed E-state index contributed by atoms with van der Waals surface area (Å²) in [6.07, 6.45) is 0. The number of amides is 1. The van der Waals surface area contributed by atoms with Gasteiger partial charge in [0.25, 0.3) is 5.91 Å². The molecule has 0 bridgehead atoms. The monoisotopic (exact) mass is 296 g/mol. The van der Waals surface area contributed by atoms with E-state index in [2.05, 4.69) is 5.32 Å². The largest absolute Gasteiger partial charge is 0.336 e. The second kappa shape index (κ2) is 7.77. The molecule has 1 aliphatic rings. The second-order valence-corrected chi connectivity index (χ2v) is 3.99. The van der Waals surface area contributed by atoms with Crippen LogP contribution in [0.2, 0.25) is 5.02 Å². The van der Waals surface area contributed by atoms with E-state index in [1.165, 1.54) is 0 Å². The third kappa shape index (κ3) is 4.36. The van der Waals surface area contributed by atoms with Gasteiger partial charge in [0, 0.05) is 36.8 Å². The molecule has 0 aliphatic carbocycles. The lowest BCUT2D eigenvalue weighted by atomic mass is 10.2. The molecular formula is C11H15Cl3N2O. The summed E-state index contributed by atoms with van der Waals surface area (Å²) in [6, 6.07) is 7.09. The number of rotatable bonds is 1. The highest BCUT2D eigenvalue weighted by Gasteiger charge is 2.17. The Bertz CT molecular complexity index is 367. The highest BCUT2D eigenvalue weighted by Crippen LogP contribution is 2.12. The minimum Gasteiger partial charge on any atom is -0.336 e. The van der Waals surface area contributed by atoms with Gasteiger partial charge in [-0.2, -0.15) is 0 Å². The van der Waals surface area contributed by atoms with E-state index in [1.54, 1.807) is 24.3 Å². The van der Waals surface area contributed by atoms with Crippen molar-refractivity contribution in [1.29, 1.82) is 0 Å². The average Bonchev–Trinajstić information content (AvgIpc) is 2.29. The van der Waals surface area contributed by atoms with E-state index in [1.807, 2.05) is 4.90 Å². The van der Waals surface area contributed by atoms with Gasteiger partial charge in [0.15, 0.2) is 0 Å². The molecule has 1 amide bonds. The Kier molecular flexibility index (Phi) is 7.55. The van der Waals surface area contributed by atoms with Crippen LogP contribution in [-0.2, 0) is 0 Å². The number of carbonyl (C=O) groups is 1. The summed E-state index contributed by atoms with van der Waals surface area (Å²) >= 11 is 5.84. The van der Waals surface area contributed by atoms with Crippen LogP contribution in [0.25, 0.3) is 0 Å². The third-order valence-corrected chi connectivity index (χ3v) is 2.71. The predicted octanol–water partition coefficient (Wildman–Crippen LogP) is 2.23. The fourth-order valence-electron chi connectivity index (χ4n) is 1.67. The van der Waals surface area contributed by atoms with Crippen molar-refractivity contribution in [3.63, 3.8) is 0 Å². The van der Waals surface area contributed by atoms with Crippen molar-refractivity contribution in [3.05, 3.63) is 34.9 Å². The molecule has 1 fully saturated rings. The molecule has 96 valence electrons. The maximum atomic E-state index is 12.0. The minimum atomic E-state index is 0. The number of halogens is 3. The number of hydrogen-bond donors (Lipinski definition) is 1. The zero-order valence-corrected chi connectivity index (χ0v) is 11.6. The first-order chi connectivity index (χ1) is 7.27. The van der Waals surface area contributed by atoms with Crippen LogP contribution in [0.5, 0.6) is 0 Å². The van der Waals surface area contributed by atoms with Crippen LogP contribution in [0, 0.1) is 0 Å².